The van der Waals surface area contributed by atoms with E-state index in [-0.39, 0.29) is 28.8 Å². The van der Waals surface area contributed by atoms with Crippen molar-refractivity contribution in [2.75, 3.05) is 38.4 Å². The largest absolute Gasteiger partial charge is 0.465 e. The molecule has 1 aromatic rings. The quantitative estimate of drug-likeness (QED) is 0.626. The van der Waals surface area contributed by atoms with Gasteiger partial charge in [-0.15, -0.1) is 0 Å². The molecule has 3 N–H and O–H groups in total. The summed E-state index contributed by atoms with van der Waals surface area (Å²) in [6.45, 7) is 2.02. The molecule has 0 spiro atoms. The molecule has 0 fully saturated rings. The van der Waals surface area contributed by atoms with Crippen LogP contribution in [0.25, 0.3) is 0 Å². The molecule has 0 saturated carbocycles. The van der Waals surface area contributed by atoms with Gasteiger partial charge in [-0.25, -0.2) is 9.18 Å². The lowest BCUT2D eigenvalue weighted by Crippen LogP contribution is -2.34. The van der Waals surface area contributed by atoms with Crippen molar-refractivity contribution in [1.82, 2.24) is 5.32 Å². The fourth-order valence-electron chi connectivity index (χ4n) is 1.99. The van der Waals surface area contributed by atoms with Crippen molar-refractivity contribution in [3.05, 3.63) is 23.5 Å². The summed E-state index contributed by atoms with van der Waals surface area (Å²) in [5.74, 6) is -1.68. The minimum absolute atomic E-state index is 0.0100. The Balaban J connectivity index is 3.06. The van der Waals surface area contributed by atoms with Crippen LogP contribution in [0.2, 0.25) is 0 Å². The number of rotatable bonds is 5. The number of hydrogen-bond donors (Lipinski definition) is 2. The summed E-state index contributed by atoms with van der Waals surface area (Å²) >= 11 is 0. The van der Waals surface area contributed by atoms with E-state index in [2.05, 4.69) is 10.1 Å². The number of nitrogens with two attached hydrogens (primary N) is 1. The number of methoxy groups -OCH3 is 1. The van der Waals surface area contributed by atoms with Gasteiger partial charge in [0.15, 0.2) is 0 Å². The molecule has 1 amide bonds. The Hall–Kier alpha value is -2.31. The van der Waals surface area contributed by atoms with Crippen LogP contribution in [0.15, 0.2) is 12.1 Å². The van der Waals surface area contributed by atoms with Gasteiger partial charge in [0.05, 0.1) is 24.3 Å². The normalized spacial score (nSPS) is 11.7. The minimum Gasteiger partial charge on any atom is -0.465 e. The molecule has 0 aromatic heterocycles. The molecule has 21 heavy (non-hydrogen) atoms. The van der Waals surface area contributed by atoms with Gasteiger partial charge in [0, 0.05) is 26.3 Å². The summed E-state index contributed by atoms with van der Waals surface area (Å²) < 4.78 is 18.6. The number of anilines is 2. The number of nitrogens with zero attached hydrogens (tertiary/aromatic N) is 1. The predicted molar refractivity (Wildman–Crippen MR) is 78.7 cm³/mol. The van der Waals surface area contributed by atoms with E-state index in [1.165, 1.54) is 20.2 Å². The zero-order chi connectivity index (χ0) is 16.2. The Labute approximate surface area is 123 Å². The number of hydrogen-bond acceptors (Lipinski definition) is 5. The first-order valence-electron chi connectivity index (χ1n) is 6.41. The summed E-state index contributed by atoms with van der Waals surface area (Å²) in [7, 11) is 4.40. The predicted octanol–water partition coefficient (Wildman–Crippen LogP) is 1.01. The zero-order valence-corrected chi connectivity index (χ0v) is 12.6. The second-order valence-corrected chi connectivity index (χ2v) is 4.78. The Morgan fingerprint density at radius 2 is 2.10 bits per heavy atom. The van der Waals surface area contributed by atoms with Crippen LogP contribution in [-0.2, 0) is 9.53 Å². The van der Waals surface area contributed by atoms with Crippen molar-refractivity contribution < 1.29 is 18.7 Å². The van der Waals surface area contributed by atoms with E-state index in [0.29, 0.717) is 6.54 Å². The Kier molecular flexibility index (Phi) is 5.52. The standard InChI is InChI=1S/C14H20FN3O3/c1-8(13(19)17-2)7-18(3)12-5-9(14(20)21-4)11(16)6-10(12)15/h5-6,8H,7,16H2,1-4H3,(H,17,19). The SMILES string of the molecule is CNC(=O)C(C)CN(C)c1cc(C(=O)OC)c(N)cc1F. The summed E-state index contributed by atoms with van der Waals surface area (Å²) in [4.78, 5) is 24.7. The van der Waals surface area contributed by atoms with Crippen molar-refractivity contribution >= 4 is 23.3 Å². The topological polar surface area (TPSA) is 84.7 Å². The van der Waals surface area contributed by atoms with Crippen LogP contribution in [0, 0.1) is 11.7 Å². The smallest absolute Gasteiger partial charge is 0.340 e. The van der Waals surface area contributed by atoms with E-state index >= 15 is 0 Å². The molecular weight excluding hydrogens is 277 g/mol. The van der Waals surface area contributed by atoms with Gasteiger partial charge < -0.3 is 20.7 Å². The van der Waals surface area contributed by atoms with Crippen LogP contribution in [0.5, 0.6) is 0 Å². The van der Waals surface area contributed by atoms with E-state index in [1.54, 1.807) is 18.9 Å². The lowest BCUT2D eigenvalue weighted by molar-refractivity contribution is -0.123. The summed E-state index contributed by atoms with van der Waals surface area (Å²) in [5.41, 5.74) is 5.90. The van der Waals surface area contributed by atoms with Gasteiger partial charge in [0.1, 0.15) is 5.82 Å². The van der Waals surface area contributed by atoms with Gasteiger partial charge in [-0.3, -0.25) is 4.79 Å². The molecule has 0 aliphatic heterocycles. The third-order valence-corrected chi connectivity index (χ3v) is 3.18. The first kappa shape index (κ1) is 16.7. The van der Waals surface area contributed by atoms with Crippen LogP contribution < -0.4 is 16.0 Å². The average molecular weight is 297 g/mol. The molecule has 6 nitrogen and oxygen atoms in total. The molecule has 7 heteroatoms. The Morgan fingerprint density at radius 1 is 1.48 bits per heavy atom. The molecule has 1 aromatic carbocycles. The number of benzene rings is 1. The summed E-state index contributed by atoms with van der Waals surface area (Å²) in [6, 6.07) is 2.40. The average Bonchev–Trinajstić information content (AvgIpc) is 2.45. The highest BCUT2D eigenvalue weighted by Crippen LogP contribution is 2.26. The number of carbonyl (C=O) groups is 2. The van der Waals surface area contributed by atoms with E-state index in [0.717, 1.165) is 6.07 Å². The number of esters is 1. The van der Waals surface area contributed by atoms with Gasteiger partial charge in [-0.05, 0) is 12.1 Å². The van der Waals surface area contributed by atoms with Gasteiger partial charge in [0.25, 0.3) is 0 Å². The number of ether oxygens (including phenoxy) is 1. The van der Waals surface area contributed by atoms with E-state index in [9.17, 15) is 14.0 Å². The van der Waals surface area contributed by atoms with Crippen LogP contribution >= 0.6 is 0 Å². The number of carbonyl (C=O) groups excluding carboxylic acids is 2. The molecule has 0 aliphatic rings. The van der Waals surface area contributed by atoms with Crippen LogP contribution in [0.1, 0.15) is 17.3 Å². The third-order valence-electron chi connectivity index (χ3n) is 3.18. The molecular formula is C14H20FN3O3. The first-order valence-corrected chi connectivity index (χ1v) is 6.41. The molecule has 0 bridgehead atoms. The Bertz CT molecular complexity index is 549. The molecule has 0 aliphatic carbocycles. The lowest BCUT2D eigenvalue weighted by Gasteiger charge is -2.24. The van der Waals surface area contributed by atoms with Crippen molar-refractivity contribution in [3.63, 3.8) is 0 Å². The van der Waals surface area contributed by atoms with Gasteiger partial charge >= 0.3 is 5.97 Å². The summed E-state index contributed by atoms with van der Waals surface area (Å²) in [5, 5.41) is 2.53. The number of nitrogens with one attached hydrogen (secondary N) is 1. The van der Waals surface area contributed by atoms with Crippen molar-refractivity contribution in [2.45, 2.75) is 6.92 Å². The molecule has 0 heterocycles. The fourth-order valence-corrected chi connectivity index (χ4v) is 1.99. The van der Waals surface area contributed by atoms with Crippen LogP contribution in [0.4, 0.5) is 15.8 Å². The maximum absolute atomic E-state index is 14.0. The second-order valence-electron chi connectivity index (χ2n) is 4.78. The molecule has 1 atom stereocenters. The van der Waals surface area contributed by atoms with E-state index in [4.69, 9.17) is 5.73 Å². The van der Waals surface area contributed by atoms with Gasteiger partial charge in [-0.2, -0.15) is 0 Å². The van der Waals surface area contributed by atoms with Crippen molar-refractivity contribution in [1.29, 1.82) is 0 Å². The molecule has 1 unspecified atom stereocenters. The molecule has 0 radical (unpaired) electrons. The molecule has 0 saturated heterocycles. The van der Waals surface area contributed by atoms with E-state index in [1.807, 2.05) is 0 Å². The van der Waals surface area contributed by atoms with Crippen LogP contribution in [0.3, 0.4) is 0 Å². The molecule has 1 rings (SSSR count). The van der Waals surface area contributed by atoms with Crippen molar-refractivity contribution in [3.8, 4) is 0 Å². The van der Waals surface area contributed by atoms with Gasteiger partial charge in [0.2, 0.25) is 5.91 Å². The highest BCUT2D eigenvalue weighted by Gasteiger charge is 2.19. The highest BCUT2D eigenvalue weighted by atomic mass is 19.1. The third kappa shape index (κ3) is 3.84. The Morgan fingerprint density at radius 3 is 2.62 bits per heavy atom. The van der Waals surface area contributed by atoms with Gasteiger partial charge in [-0.1, -0.05) is 6.92 Å². The molecule has 116 valence electrons. The first-order chi connectivity index (χ1) is 9.81. The number of nitrogen functional groups attached to an aromatic ring is 1. The number of amides is 1. The van der Waals surface area contributed by atoms with Crippen LogP contribution in [-0.4, -0.2) is 39.6 Å². The minimum atomic E-state index is -0.638. The fraction of sp³-hybridized carbons (Fsp3) is 0.429. The zero-order valence-electron chi connectivity index (χ0n) is 12.6. The second kappa shape index (κ2) is 6.92. The maximum Gasteiger partial charge on any atom is 0.340 e. The monoisotopic (exact) mass is 297 g/mol. The lowest BCUT2D eigenvalue weighted by atomic mass is 10.1. The van der Waals surface area contributed by atoms with Crippen molar-refractivity contribution in [2.24, 2.45) is 5.92 Å². The maximum atomic E-state index is 14.0. The summed E-state index contributed by atoms with van der Waals surface area (Å²) in [6.07, 6.45) is 0. The number of halogens is 1. The van der Waals surface area contributed by atoms with E-state index < -0.39 is 11.8 Å². The highest BCUT2D eigenvalue weighted by molar-refractivity contribution is 5.96.